The van der Waals surface area contributed by atoms with Gasteiger partial charge >= 0.3 is 0 Å². The van der Waals surface area contributed by atoms with Gasteiger partial charge in [0.25, 0.3) is 0 Å². The van der Waals surface area contributed by atoms with Gasteiger partial charge in [-0.3, -0.25) is 0 Å². The number of hydrogen-bond donors (Lipinski definition) is 3. The second kappa shape index (κ2) is 10.7. The van der Waals surface area contributed by atoms with Crippen LogP contribution in [0.15, 0.2) is 30.5 Å². The molecule has 3 aromatic rings. The molecule has 1 aromatic carbocycles. The van der Waals surface area contributed by atoms with E-state index >= 15 is 0 Å². The summed E-state index contributed by atoms with van der Waals surface area (Å²) in [5.74, 6) is 2.79. The molecule has 32 heavy (non-hydrogen) atoms. The summed E-state index contributed by atoms with van der Waals surface area (Å²) in [4.78, 5) is 8.93. The summed E-state index contributed by atoms with van der Waals surface area (Å²) in [6.07, 6.45) is 9.15. The lowest BCUT2D eigenvalue weighted by Crippen LogP contribution is -2.28. The smallest absolute Gasteiger partial charge is 0.222 e. The van der Waals surface area contributed by atoms with Crippen molar-refractivity contribution in [1.29, 1.82) is 0 Å². The van der Waals surface area contributed by atoms with Crippen molar-refractivity contribution in [2.24, 2.45) is 5.92 Å². The van der Waals surface area contributed by atoms with E-state index in [9.17, 15) is 0 Å². The molecule has 1 saturated heterocycles. The van der Waals surface area contributed by atoms with Crippen molar-refractivity contribution in [2.45, 2.75) is 52.0 Å². The van der Waals surface area contributed by atoms with Gasteiger partial charge in [0.05, 0.1) is 19.2 Å². The number of nitrogens with two attached hydrogens (primary N) is 1. The minimum absolute atomic E-state index is 0.299. The molecule has 172 valence electrons. The molecule has 4 rings (SSSR count). The van der Waals surface area contributed by atoms with E-state index in [1.54, 1.807) is 7.11 Å². The zero-order valence-electron chi connectivity index (χ0n) is 19.4. The largest absolute Gasteiger partial charge is 0.496 e. The van der Waals surface area contributed by atoms with Crippen LogP contribution in [0.5, 0.6) is 5.75 Å². The zero-order chi connectivity index (χ0) is 22.3. The Kier molecular flexibility index (Phi) is 7.47. The number of nitrogen functional groups attached to an aromatic ring is 1. The lowest BCUT2D eigenvalue weighted by Gasteiger charge is -2.23. The number of ether oxygens (including phenoxy) is 1. The average molecular weight is 437 g/mol. The van der Waals surface area contributed by atoms with Crippen molar-refractivity contribution < 1.29 is 4.74 Å². The number of fused-ring (bicyclic) bond motifs is 1. The Balaban J connectivity index is 1.55. The van der Waals surface area contributed by atoms with Crippen molar-refractivity contribution in [3.05, 3.63) is 41.6 Å². The number of hydrogen-bond acceptors (Lipinski definition) is 6. The number of aromatic nitrogens is 3. The first-order valence-electron chi connectivity index (χ1n) is 11.9. The van der Waals surface area contributed by atoms with E-state index in [4.69, 9.17) is 10.5 Å². The summed E-state index contributed by atoms with van der Waals surface area (Å²) < 4.78 is 7.97. The average Bonchev–Trinajstić information content (AvgIpc) is 3.20. The minimum Gasteiger partial charge on any atom is -0.496 e. The maximum Gasteiger partial charge on any atom is 0.222 e. The topological polar surface area (TPSA) is 90.0 Å². The Morgan fingerprint density at radius 1 is 1.19 bits per heavy atom. The summed E-state index contributed by atoms with van der Waals surface area (Å²) >= 11 is 0. The van der Waals surface area contributed by atoms with Crippen LogP contribution in [0, 0.1) is 5.92 Å². The molecule has 0 atom stereocenters. The van der Waals surface area contributed by atoms with Gasteiger partial charge in [-0.2, -0.15) is 4.98 Å². The summed E-state index contributed by atoms with van der Waals surface area (Å²) in [6, 6.07) is 8.67. The highest BCUT2D eigenvalue weighted by Gasteiger charge is 2.16. The third-order valence-corrected chi connectivity index (χ3v) is 6.38. The Morgan fingerprint density at radius 3 is 2.81 bits per heavy atom. The number of nitrogens with one attached hydrogen (secondary N) is 2. The van der Waals surface area contributed by atoms with Crippen LogP contribution in [0.1, 0.15) is 50.2 Å². The maximum atomic E-state index is 5.96. The van der Waals surface area contributed by atoms with Crippen LogP contribution >= 0.6 is 0 Å². The second-order valence-electron chi connectivity index (χ2n) is 8.79. The van der Waals surface area contributed by atoms with E-state index in [-0.39, 0.29) is 0 Å². The Hall–Kier alpha value is -2.80. The van der Waals surface area contributed by atoms with E-state index in [1.165, 1.54) is 31.2 Å². The molecule has 0 aliphatic carbocycles. The Bertz CT molecular complexity index is 1020. The van der Waals surface area contributed by atoms with Gasteiger partial charge in [0.15, 0.2) is 5.82 Å². The SMILES string of the molecule is CCCCCNc1nc(N)nc2ccn(Cc3ccc(CC4CCNCC4)cc3OC)c12. The standard InChI is InChI=1S/C25H36N6O/c1-3-4-5-11-28-24-23-21(29-25(26)30-24)10-14-31(23)17-20-7-6-19(16-22(20)32-2)15-18-8-12-27-13-9-18/h6-7,10,14,16,18,27H,3-5,8-9,11-13,15,17H2,1-2H3,(H3,26,28,29,30). The molecule has 4 N–H and O–H groups in total. The first-order chi connectivity index (χ1) is 15.7. The molecule has 0 unspecified atom stereocenters. The zero-order valence-corrected chi connectivity index (χ0v) is 19.4. The minimum atomic E-state index is 0.299. The molecule has 7 heteroatoms. The molecule has 0 bridgehead atoms. The lowest BCUT2D eigenvalue weighted by molar-refractivity contribution is 0.371. The first kappa shape index (κ1) is 22.4. The molecule has 0 spiro atoms. The predicted molar refractivity (Wildman–Crippen MR) is 131 cm³/mol. The van der Waals surface area contributed by atoms with Crippen LogP contribution in [-0.4, -0.2) is 41.3 Å². The molecule has 2 aromatic heterocycles. The lowest BCUT2D eigenvalue weighted by atomic mass is 9.90. The third-order valence-electron chi connectivity index (χ3n) is 6.38. The molecular weight excluding hydrogens is 400 g/mol. The number of benzene rings is 1. The van der Waals surface area contributed by atoms with E-state index in [0.29, 0.717) is 12.5 Å². The van der Waals surface area contributed by atoms with Gasteiger partial charge in [-0.05, 0) is 62.4 Å². The first-order valence-corrected chi connectivity index (χ1v) is 11.9. The van der Waals surface area contributed by atoms with Crippen molar-refractivity contribution >= 4 is 22.8 Å². The van der Waals surface area contributed by atoms with E-state index in [2.05, 4.69) is 56.5 Å². The van der Waals surface area contributed by atoms with Gasteiger partial charge < -0.3 is 25.7 Å². The fourth-order valence-electron chi connectivity index (χ4n) is 4.61. The van der Waals surface area contributed by atoms with E-state index < -0.39 is 0 Å². The molecule has 0 amide bonds. The van der Waals surface area contributed by atoms with Crippen molar-refractivity contribution in [2.75, 3.05) is 37.8 Å². The number of nitrogens with zero attached hydrogens (tertiary/aromatic N) is 3. The molecule has 0 saturated carbocycles. The number of methoxy groups -OCH3 is 1. The highest BCUT2D eigenvalue weighted by atomic mass is 16.5. The second-order valence-corrected chi connectivity index (χ2v) is 8.79. The molecule has 7 nitrogen and oxygen atoms in total. The number of unbranched alkanes of at least 4 members (excludes halogenated alkanes) is 2. The van der Waals surface area contributed by atoms with Gasteiger partial charge in [-0.1, -0.05) is 31.9 Å². The normalized spacial score (nSPS) is 14.7. The van der Waals surface area contributed by atoms with Gasteiger partial charge in [-0.25, -0.2) is 4.98 Å². The molecule has 0 radical (unpaired) electrons. The number of rotatable bonds is 10. The molecule has 1 aliphatic rings. The molecule has 1 aliphatic heterocycles. The highest BCUT2D eigenvalue weighted by Crippen LogP contribution is 2.28. The monoisotopic (exact) mass is 436 g/mol. The van der Waals surface area contributed by atoms with Crippen molar-refractivity contribution in [3.8, 4) is 5.75 Å². The quantitative estimate of drug-likeness (QED) is 0.413. The molecular formula is C25H36N6O. The van der Waals surface area contributed by atoms with Crippen LogP contribution in [0.4, 0.5) is 11.8 Å². The summed E-state index contributed by atoms with van der Waals surface area (Å²) in [5.41, 5.74) is 10.3. The van der Waals surface area contributed by atoms with E-state index in [0.717, 1.165) is 66.6 Å². The number of anilines is 2. The van der Waals surface area contributed by atoms with Crippen LogP contribution < -0.4 is 21.1 Å². The van der Waals surface area contributed by atoms with Crippen LogP contribution in [0.2, 0.25) is 0 Å². The summed E-state index contributed by atoms with van der Waals surface area (Å²) in [7, 11) is 1.76. The summed E-state index contributed by atoms with van der Waals surface area (Å²) in [5, 5.41) is 6.92. The maximum absolute atomic E-state index is 5.96. The fourth-order valence-corrected chi connectivity index (χ4v) is 4.61. The number of piperidine rings is 1. The fraction of sp³-hybridized carbons (Fsp3) is 0.520. The summed E-state index contributed by atoms with van der Waals surface area (Å²) in [6.45, 7) is 6.03. The Labute approximate surface area is 190 Å². The van der Waals surface area contributed by atoms with Crippen molar-refractivity contribution in [1.82, 2.24) is 19.9 Å². The highest BCUT2D eigenvalue weighted by molar-refractivity contribution is 5.87. The van der Waals surface area contributed by atoms with E-state index in [1.807, 2.05) is 6.07 Å². The molecule has 3 heterocycles. The van der Waals surface area contributed by atoms with Crippen LogP contribution in [0.3, 0.4) is 0 Å². The predicted octanol–water partition coefficient (Wildman–Crippen LogP) is 4.21. The van der Waals surface area contributed by atoms with Gasteiger partial charge in [0, 0.05) is 18.3 Å². The van der Waals surface area contributed by atoms with Crippen LogP contribution in [-0.2, 0) is 13.0 Å². The van der Waals surface area contributed by atoms with Gasteiger partial charge in [0.1, 0.15) is 11.3 Å². The molecule has 1 fully saturated rings. The Morgan fingerprint density at radius 2 is 2.03 bits per heavy atom. The van der Waals surface area contributed by atoms with Crippen LogP contribution in [0.25, 0.3) is 11.0 Å². The van der Waals surface area contributed by atoms with Crippen molar-refractivity contribution in [3.63, 3.8) is 0 Å². The van der Waals surface area contributed by atoms with Gasteiger partial charge in [-0.15, -0.1) is 0 Å². The third kappa shape index (κ3) is 5.33. The van der Waals surface area contributed by atoms with Gasteiger partial charge in [0.2, 0.25) is 5.95 Å².